The number of nitrogens with one attached hydrogen (secondary N) is 1. The molecule has 1 aromatic rings. The second-order valence-electron chi connectivity index (χ2n) is 4.63. The van der Waals surface area contributed by atoms with Crippen molar-refractivity contribution in [3.05, 3.63) is 46.0 Å². The summed E-state index contributed by atoms with van der Waals surface area (Å²) in [6.07, 6.45) is 4.67. The van der Waals surface area contributed by atoms with Crippen LogP contribution in [0, 0.1) is 12.8 Å². The predicted octanol–water partition coefficient (Wildman–Crippen LogP) is 2.42. The third-order valence-electron chi connectivity index (χ3n) is 3.09. The molecular formula is C14H16BrNO2. The second-order valence-corrected chi connectivity index (χ2v) is 5.48. The average molecular weight is 310 g/mol. The third-order valence-corrected chi connectivity index (χ3v) is 3.78. The molecule has 0 aromatic heterocycles. The number of carbonyl (C=O) groups is 1. The molecule has 1 amide bonds. The number of carbonyl (C=O) groups excluding carboxylic acids is 1. The molecule has 96 valence electrons. The number of hydrogen-bond acceptors (Lipinski definition) is 2. The third kappa shape index (κ3) is 3.00. The van der Waals surface area contributed by atoms with Gasteiger partial charge < -0.3 is 10.4 Å². The standard InChI is InChI=1S/C14H16BrNO2/c1-9-2-5-13(15)12(6-9)14(18)16-11-4-3-10(7-11)8-17/h2-6,10-11,17H,7-8H2,1H3,(H,16,18)/t10-,11+/m0/s1. The maximum Gasteiger partial charge on any atom is 0.252 e. The molecule has 0 spiro atoms. The van der Waals surface area contributed by atoms with Crippen molar-refractivity contribution in [2.75, 3.05) is 6.61 Å². The zero-order chi connectivity index (χ0) is 13.1. The Labute approximate surface area is 115 Å². The summed E-state index contributed by atoms with van der Waals surface area (Å²) in [4.78, 5) is 12.1. The first-order valence-electron chi connectivity index (χ1n) is 5.96. The van der Waals surface area contributed by atoms with E-state index < -0.39 is 0 Å². The highest BCUT2D eigenvalue weighted by molar-refractivity contribution is 9.10. The summed E-state index contributed by atoms with van der Waals surface area (Å²) in [7, 11) is 0. The summed E-state index contributed by atoms with van der Waals surface area (Å²) in [5.41, 5.74) is 1.70. The number of aliphatic hydroxyl groups is 1. The number of rotatable bonds is 3. The molecule has 1 aliphatic rings. The molecule has 2 N–H and O–H groups in total. The predicted molar refractivity (Wildman–Crippen MR) is 74.5 cm³/mol. The van der Waals surface area contributed by atoms with Crippen LogP contribution in [-0.4, -0.2) is 23.7 Å². The van der Waals surface area contributed by atoms with Crippen molar-refractivity contribution in [1.82, 2.24) is 5.32 Å². The lowest BCUT2D eigenvalue weighted by Crippen LogP contribution is -2.33. The van der Waals surface area contributed by atoms with Crippen LogP contribution >= 0.6 is 15.9 Å². The van der Waals surface area contributed by atoms with E-state index in [-0.39, 0.29) is 24.5 Å². The van der Waals surface area contributed by atoms with Crippen LogP contribution in [0.5, 0.6) is 0 Å². The number of amides is 1. The maximum atomic E-state index is 12.1. The van der Waals surface area contributed by atoms with Gasteiger partial charge in [0.1, 0.15) is 0 Å². The first kappa shape index (κ1) is 13.3. The first-order valence-corrected chi connectivity index (χ1v) is 6.75. The minimum absolute atomic E-state index is 0.0158. The van der Waals surface area contributed by atoms with Crippen molar-refractivity contribution in [3.63, 3.8) is 0 Å². The van der Waals surface area contributed by atoms with Gasteiger partial charge in [-0.25, -0.2) is 0 Å². The van der Waals surface area contributed by atoms with Crippen LogP contribution in [0.2, 0.25) is 0 Å². The van der Waals surface area contributed by atoms with Crippen LogP contribution in [0.15, 0.2) is 34.8 Å². The van der Waals surface area contributed by atoms with Gasteiger partial charge in [-0.15, -0.1) is 0 Å². The van der Waals surface area contributed by atoms with E-state index in [1.54, 1.807) is 0 Å². The molecule has 1 aliphatic carbocycles. The molecule has 0 saturated carbocycles. The van der Waals surface area contributed by atoms with Crippen molar-refractivity contribution in [2.45, 2.75) is 19.4 Å². The highest BCUT2D eigenvalue weighted by atomic mass is 79.9. The van der Waals surface area contributed by atoms with E-state index in [4.69, 9.17) is 5.11 Å². The fourth-order valence-corrected chi connectivity index (χ4v) is 2.50. The van der Waals surface area contributed by atoms with E-state index in [0.29, 0.717) is 5.56 Å². The average Bonchev–Trinajstić information content (AvgIpc) is 2.80. The Bertz CT molecular complexity index is 485. The van der Waals surface area contributed by atoms with Crippen LogP contribution in [0.4, 0.5) is 0 Å². The SMILES string of the molecule is Cc1ccc(Br)c(C(=O)N[C@@H]2C=C[C@H](CO)C2)c1. The molecule has 0 bridgehead atoms. The van der Waals surface area contributed by atoms with E-state index in [1.165, 1.54) is 0 Å². The van der Waals surface area contributed by atoms with E-state index in [2.05, 4.69) is 21.2 Å². The van der Waals surface area contributed by atoms with E-state index in [0.717, 1.165) is 16.5 Å². The monoisotopic (exact) mass is 309 g/mol. The Morgan fingerprint density at radius 3 is 2.94 bits per heavy atom. The minimum atomic E-state index is -0.0844. The number of hydrogen-bond donors (Lipinski definition) is 2. The lowest BCUT2D eigenvalue weighted by Gasteiger charge is -2.13. The Hall–Kier alpha value is -1.13. The number of benzene rings is 1. The molecule has 0 fully saturated rings. The minimum Gasteiger partial charge on any atom is -0.396 e. The lowest BCUT2D eigenvalue weighted by atomic mass is 10.1. The van der Waals surface area contributed by atoms with Gasteiger partial charge >= 0.3 is 0 Å². The van der Waals surface area contributed by atoms with Gasteiger partial charge in [-0.2, -0.15) is 0 Å². The van der Waals surface area contributed by atoms with Crippen molar-refractivity contribution >= 4 is 21.8 Å². The van der Waals surface area contributed by atoms with Crippen LogP contribution in [0.25, 0.3) is 0 Å². The fourth-order valence-electron chi connectivity index (χ4n) is 2.08. The number of halogens is 1. The smallest absolute Gasteiger partial charge is 0.252 e. The number of aryl methyl sites for hydroxylation is 1. The van der Waals surface area contributed by atoms with Crippen molar-refractivity contribution in [1.29, 1.82) is 0 Å². The first-order chi connectivity index (χ1) is 8.60. The van der Waals surface area contributed by atoms with Gasteiger partial charge in [0.05, 0.1) is 5.56 Å². The summed E-state index contributed by atoms with van der Waals surface area (Å²) >= 11 is 3.39. The summed E-state index contributed by atoms with van der Waals surface area (Å²) in [5.74, 6) is 0.0788. The maximum absolute atomic E-state index is 12.1. The Balaban J connectivity index is 2.04. The van der Waals surface area contributed by atoms with Crippen molar-refractivity contribution in [2.24, 2.45) is 5.92 Å². The van der Waals surface area contributed by atoms with Gasteiger partial charge in [-0.1, -0.05) is 23.8 Å². The molecule has 2 rings (SSSR count). The lowest BCUT2D eigenvalue weighted by molar-refractivity contribution is 0.0940. The van der Waals surface area contributed by atoms with Gasteiger partial charge in [0.2, 0.25) is 0 Å². The summed E-state index contributed by atoms with van der Waals surface area (Å²) in [6.45, 7) is 2.09. The van der Waals surface area contributed by atoms with Crippen LogP contribution in [0.3, 0.4) is 0 Å². The highest BCUT2D eigenvalue weighted by Crippen LogP contribution is 2.20. The van der Waals surface area contributed by atoms with Crippen molar-refractivity contribution < 1.29 is 9.90 Å². The topological polar surface area (TPSA) is 49.3 Å². The zero-order valence-electron chi connectivity index (χ0n) is 10.2. The van der Waals surface area contributed by atoms with Gasteiger partial charge in [0.15, 0.2) is 0 Å². The number of aliphatic hydroxyl groups excluding tert-OH is 1. The quantitative estimate of drug-likeness (QED) is 0.843. The highest BCUT2D eigenvalue weighted by Gasteiger charge is 2.21. The largest absolute Gasteiger partial charge is 0.396 e. The molecule has 0 radical (unpaired) electrons. The van der Waals surface area contributed by atoms with Crippen LogP contribution in [0.1, 0.15) is 22.3 Å². The zero-order valence-corrected chi connectivity index (χ0v) is 11.8. The molecule has 1 aromatic carbocycles. The van der Waals surface area contributed by atoms with Gasteiger partial charge in [0, 0.05) is 23.0 Å². The summed E-state index contributed by atoms with van der Waals surface area (Å²) in [6, 6.07) is 5.72. The van der Waals surface area contributed by atoms with Crippen molar-refractivity contribution in [3.8, 4) is 0 Å². The second kappa shape index (κ2) is 5.67. The Morgan fingerprint density at radius 1 is 1.50 bits per heavy atom. The molecule has 4 heteroatoms. The molecule has 0 saturated heterocycles. The van der Waals surface area contributed by atoms with E-state index >= 15 is 0 Å². The summed E-state index contributed by atoms with van der Waals surface area (Å²) < 4.78 is 0.797. The molecule has 2 atom stereocenters. The molecular weight excluding hydrogens is 294 g/mol. The molecule has 0 unspecified atom stereocenters. The van der Waals surface area contributed by atoms with Crippen LogP contribution in [-0.2, 0) is 0 Å². The molecule has 18 heavy (non-hydrogen) atoms. The van der Waals surface area contributed by atoms with Gasteiger partial charge in [-0.05, 0) is 41.4 Å². The van der Waals surface area contributed by atoms with Crippen LogP contribution < -0.4 is 5.32 Å². The normalized spacial score (nSPS) is 22.2. The molecule has 0 heterocycles. The van der Waals surface area contributed by atoms with Gasteiger partial charge in [0.25, 0.3) is 5.91 Å². The van der Waals surface area contributed by atoms with Gasteiger partial charge in [-0.3, -0.25) is 4.79 Å². The Kier molecular flexibility index (Phi) is 4.19. The summed E-state index contributed by atoms with van der Waals surface area (Å²) in [5, 5.41) is 12.0. The molecule has 3 nitrogen and oxygen atoms in total. The van der Waals surface area contributed by atoms with E-state index in [1.807, 2.05) is 37.3 Å². The van der Waals surface area contributed by atoms with E-state index in [9.17, 15) is 4.79 Å². The fraction of sp³-hybridized carbons (Fsp3) is 0.357. The Morgan fingerprint density at radius 2 is 2.28 bits per heavy atom. The molecule has 0 aliphatic heterocycles.